The maximum atomic E-state index is 5.99. The van der Waals surface area contributed by atoms with Crippen LogP contribution in [0.5, 0.6) is 0 Å². The summed E-state index contributed by atoms with van der Waals surface area (Å²) in [6.45, 7) is 0.853. The molecule has 0 amide bonds. The molecule has 0 bridgehead atoms. The highest BCUT2D eigenvalue weighted by Crippen LogP contribution is 2.21. The van der Waals surface area contributed by atoms with E-state index in [9.17, 15) is 0 Å². The van der Waals surface area contributed by atoms with Crippen molar-refractivity contribution in [2.24, 2.45) is 10.7 Å². The van der Waals surface area contributed by atoms with Gasteiger partial charge in [-0.3, -0.25) is 0 Å². The summed E-state index contributed by atoms with van der Waals surface area (Å²) in [5, 5.41) is 4.24. The fraction of sp³-hybridized carbons (Fsp3) is 0.583. The van der Waals surface area contributed by atoms with E-state index in [-0.39, 0.29) is 0 Å². The standard InChI is InChI=1S/C12H19N3S/c1-15(8-10-6-7-16-9-10)12(13)14-11-4-2-3-5-11/h6-7,9,11H,2-5,8H2,1H3,(H2,13,14). The molecule has 4 heteroatoms. The lowest BCUT2D eigenvalue weighted by molar-refractivity contribution is 0.487. The third kappa shape index (κ3) is 2.98. The van der Waals surface area contributed by atoms with E-state index < -0.39 is 0 Å². The van der Waals surface area contributed by atoms with Gasteiger partial charge in [0.25, 0.3) is 0 Å². The van der Waals surface area contributed by atoms with Gasteiger partial charge in [0, 0.05) is 13.6 Å². The molecule has 88 valence electrons. The second-order valence-corrected chi connectivity index (χ2v) is 5.19. The Labute approximate surface area is 101 Å². The zero-order chi connectivity index (χ0) is 11.4. The van der Waals surface area contributed by atoms with E-state index >= 15 is 0 Å². The summed E-state index contributed by atoms with van der Waals surface area (Å²) in [7, 11) is 2.01. The van der Waals surface area contributed by atoms with Gasteiger partial charge < -0.3 is 10.6 Å². The minimum Gasteiger partial charge on any atom is -0.370 e. The number of guanidine groups is 1. The van der Waals surface area contributed by atoms with Crippen molar-refractivity contribution in [3.63, 3.8) is 0 Å². The Morgan fingerprint density at radius 3 is 2.94 bits per heavy atom. The minimum absolute atomic E-state index is 0.463. The van der Waals surface area contributed by atoms with Crippen LogP contribution >= 0.6 is 11.3 Å². The molecule has 1 aromatic rings. The lowest BCUT2D eigenvalue weighted by Gasteiger charge is -2.18. The fourth-order valence-electron chi connectivity index (χ4n) is 2.06. The van der Waals surface area contributed by atoms with Crippen LogP contribution < -0.4 is 5.73 Å². The SMILES string of the molecule is CN(Cc1ccsc1)C(N)=NC1CCCC1. The van der Waals surface area contributed by atoms with E-state index in [0.29, 0.717) is 12.0 Å². The molecule has 1 fully saturated rings. The van der Waals surface area contributed by atoms with Gasteiger partial charge in [-0.25, -0.2) is 4.99 Å². The molecule has 0 spiro atoms. The molecule has 1 aromatic heterocycles. The maximum Gasteiger partial charge on any atom is 0.191 e. The molecule has 1 aliphatic rings. The van der Waals surface area contributed by atoms with E-state index in [2.05, 4.69) is 21.8 Å². The van der Waals surface area contributed by atoms with Crippen molar-refractivity contribution in [2.45, 2.75) is 38.3 Å². The Morgan fingerprint density at radius 1 is 1.56 bits per heavy atom. The van der Waals surface area contributed by atoms with Gasteiger partial charge in [0.2, 0.25) is 0 Å². The van der Waals surface area contributed by atoms with Crippen LogP contribution in [0.1, 0.15) is 31.2 Å². The maximum absolute atomic E-state index is 5.99. The van der Waals surface area contributed by atoms with Crippen molar-refractivity contribution in [1.29, 1.82) is 0 Å². The van der Waals surface area contributed by atoms with Crippen LogP contribution in [0.2, 0.25) is 0 Å². The number of aliphatic imine (C=N–C) groups is 1. The fourth-order valence-corrected chi connectivity index (χ4v) is 2.72. The molecule has 16 heavy (non-hydrogen) atoms. The molecule has 3 nitrogen and oxygen atoms in total. The number of nitrogens with two attached hydrogens (primary N) is 1. The molecule has 1 aliphatic carbocycles. The molecule has 0 aromatic carbocycles. The third-order valence-electron chi connectivity index (χ3n) is 3.03. The molecule has 0 unspecified atom stereocenters. The Balaban J connectivity index is 1.90. The molecule has 0 saturated heterocycles. The number of thiophene rings is 1. The monoisotopic (exact) mass is 237 g/mol. The number of rotatable bonds is 3. The summed E-state index contributed by atoms with van der Waals surface area (Å²) in [6.07, 6.45) is 5.01. The molecule has 0 radical (unpaired) electrons. The second-order valence-electron chi connectivity index (χ2n) is 4.41. The number of hydrogen-bond donors (Lipinski definition) is 1. The van der Waals surface area contributed by atoms with Crippen LogP contribution in [0.15, 0.2) is 21.8 Å². The highest BCUT2D eigenvalue weighted by Gasteiger charge is 2.15. The predicted octanol–water partition coefficient (Wildman–Crippen LogP) is 2.44. The molecular formula is C12H19N3S. The minimum atomic E-state index is 0.463. The number of nitrogens with zero attached hydrogens (tertiary/aromatic N) is 2. The van der Waals surface area contributed by atoms with Gasteiger partial charge in [-0.05, 0) is 35.2 Å². The van der Waals surface area contributed by atoms with Gasteiger partial charge in [0.15, 0.2) is 5.96 Å². The van der Waals surface area contributed by atoms with Crippen molar-refractivity contribution in [1.82, 2.24) is 4.90 Å². The summed E-state index contributed by atoms with van der Waals surface area (Å²) >= 11 is 1.72. The lowest BCUT2D eigenvalue weighted by Crippen LogP contribution is -2.34. The van der Waals surface area contributed by atoms with Crippen molar-refractivity contribution in [2.75, 3.05) is 7.05 Å². The van der Waals surface area contributed by atoms with Crippen LogP contribution in [-0.2, 0) is 6.54 Å². The average Bonchev–Trinajstić information content (AvgIpc) is 2.90. The Hall–Kier alpha value is -1.03. The van der Waals surface area contributed by atoms with Crippen molar-refractivity contribution in [3.05, 3.63) is 22.4 Å². The molecular weight excluding hydrogens is 218 g/mol. The van der Waals surface area contributed by atoms with E-state index in [1.165, 1.54) is 31.2 Å². The third-order valence-corrected chi connectivity index (χ3v) is 3.76. The highest BCUT2D eigenvalue weighted by molar-refractivity contribution is 7.07. The quantitative estimate of drug-likeness (QED) is 0.648. The van der Waals surface area contributed by atoms with Crippen LogP contribution in [0.4, 0.5) is 0 Å². The van der Waals surface area contributed by atoms with E-state index in [1.54, 1.807) is 11.3 Å². The predicted molar refractivity (Wildman–Crippen MR) is 69.7 cm³/mol. The molecule has 2 N–H and O–H groups in total. The van der Waals surface area contributed by atoms with Crippen LogP contribution in [-0.4, -0.2) is 23.9 Å². The number of hydrogen-bond acceptors (Lipinski definition) is 2. The van der Waals surface area contributed by atoms with Gasteiger partial charge in [-0.1, -0.05) is 12.8 Å². The first-order valence-corrected chi connectivity index (χ1v) is 6.75. The zero-order valence-electron chi connectivity index (χ0n) is 9.72. The summed E-state index contributed by atoms with van der Waals surface area (Å²) < 4.78 is 0. The lowest BCUT2D eigenvalue weighted by atomic mass is 10.3. The second kappa shape index (κ2) is 5.34. The first kappa shape index (κ1) is 11.5. The van der Waals surface area contributed by atoms with Crippen molar-refractivity contribution in [3.8, 4) is 0 Å². The van der Waals surface area contributed by atoms with Crippen LogP contribution in [0, 0.1) is 0 Å². The van der Waals surface area contributed by atoms with Crippen molar-refractivity contribution < 1.29 is 0 Å². The van der Waals surface area contributed by atoms with Gasteiger partial charge >= 0.3 is 0 Å². The van der Waals surface area contributed by atoms with E-state index in [4.69, 9.17) is 5.73 Å². The van der Waals surface area contributed by atoms with E-state index in [1.807, 2.05) is 11.9 Å². The first-order chi connectivity index (χ1) is 7.75. The average molecular weight is 237 g/mol. The Kier molecular flexibility index (Phi) is 3.83. The Bertz CT molecular complexity index is 339. The normalized spacial score (nSPS) is 17.9. The zero-order valence-corrected chi connectivity index (χ0v) is 10.5. The van der Waals surface area contributed by atoms with Gasteiger partial charge in [-0.15, -0.1) is 0 Å². The van der Waals surface area contributed by atoms with Crippen LogP contribution in [0.3, 0.4) is 0 Å². The van der Waals surface area contributed by atoms with Gasteiger partial charge in [0.1, 0.15) is 0 Å². The van der Waals surface area contributed by atoms with Crippen molar-refractivity contribution >= 4 is 17.3 Å². The summed E-state index contributed by atoms with van der Waals surface area (Å²) in [5.41, 5.74) is 7.30. The van der Waals surface area contributed by atoms with Gasteiger partial charge in [-0.2, -0.15) is 11.3 Å². The summed E-state index contributed by atoms with van der Waals surface area (Å²) in [4.78, 5) is 6.61. The Morgan fingerprint density at radius 2 is 2.31 bits per heavy atom. The van der Waals surface area contributed by atoms with Gasteiger partial charge in [0.05, 0.1) is 6.04 Å². The topological polar surface area (TPSA) is 41.6 Å². The highest BCUT2D eigenvalue weighted by atomic mass is 32.1. The largest absolute Gasteiger partial charge is 0.370 e. The molecule has 1 heterocycles. The first-order valence-electron chi connectivity index (χ1n) is 5.81. The smallest absolute Gasteiger partial charge is 0.191 e. The van der Waals surface area contributed by atoms with E-state index in [0.717, 1.165) is 6.54 Å². The molecule has 1 saturated carbocycles. The summed E-state index contributed by atoms with van der Waals surface area (Å²) in [5.74, 6) is 0.679. The molecule has 0 atom stereocenters. The molecule has 2 rings (SSSR count). The van der Waals surface area contributed by atoms with Crippen LogP contribution in [0.25, 0.3) is 0 Å². The molecule has 0 aliphatic heterocycles. The summed E-state index contributed by atoms with van der Waals surface area (Å²) in [6, 6.07) is 2.59.